The van der Waals surface area contributed by atoms with Crippen molar-refractivity contribution >= 4 is 5.95 Å². The van der Waals surface area contributed by atoms with Crippen LogP contribution in [0.2, 0.25) is 0 Å². The molecular weight excluding hydrogens is 212 g/mol. The molecule has 1 N–H and O–H groups in total. The number of hydrogen-bond donors (Lipinski definition) is 1. The molecule has 17 heavy (non-hydrogen) atoms. The number of likely N-dealkylation sites (N-methyl/N-ethyl adjacent to an activating group) is 1. The van der Waals surface area contributed by atoms with Crippen LogP contribution in [-0.2, 0) is 13.0 Å². The molecule has 1 aromatic heterocycles. The monoisotopic (exact) mass is 236 g/mol. The van der Waals surface area contributed by atoms with Gasteiger partial charge in [0.15, 0.2) is 0 Å². The highest BCUT2D eigenvalue weighted by atomic mass is 15.3. The van der Waals surface area contributed by atoms with Crippen LogP contribution in [-0.4, -0.2) is 35.7 Å². The van der Waals surface area contributed by atoms with Crippen LogP contribution in [0.1, 0.15) is 32.4 Å². The molecule has 0 saturated carbocycles. The number of hydrogen-bond acceptors (Lipinski definition) is 3. The highest BCUT2D eigenvalue weighted by molar-refractivity contribution is 5.34. The Morgan fingerprint density at radius 3 is 2.94 bits per heavy atom. The summed E-state index contributed by atoms with van der Waals surface area (Å²) < 4.78 is 2.30. The first kappa shape index (κ1) is 12.4. The molecule has 1 saturated heterocycles. The van der Waals surface area contributed by atoms with Gasteiger partial charge in [0.2, 0.25) is 5.95 Å². The molecule has 0 amide bonds. The van der Waals surface area contributed by atoms with E-state index in [1.54, 1.807) is 0 Å². The number of aromatic nitrogens is 2. The SMILES string of the molecule is CCCn1cc(CC)nc1N(C)C1CCNC1. The molecule has 0 radical (unpaired) electrons. The molecule has 2 rings (SSSR count). The van der Waals surface area contributed by atoms with E-state index in [0.29, 0.717) is 6.04 Å². The molecule has 0 aromatic carbocycles. The standard InChI is InChI=1S/C13H24N4/c1-4-8-17-10-11(5-2)15-13(17)16(3)12-6-7-14-9-12/h10,12,14H,4-9H2,1-3H3. The third-order valence-corrected chi connectivity index (χ3v) is 3.53. The fraction of sp³-hybridized carbons (Fsp3) is 0.769. The second-order valence-electron chi connectivity index (χ2n) is 4.84. The lowest BCUT2D eigenvalue weighted by molar-refractivity contribution is 0.616. The molecule has 1 aliphatic heterocycles. The number of nitrogens with one attached hydrogen (secondary N) is 1. The number of aryl methyl sites for hydroxylation is 2. The molecule has 2 heterocycles. The molecule has 4 heteroatoms. The minimum absolute atomic E-state index is 0.595. The molecule has 96 valence electrons. The summed E-state index contributed by atoms with van der Waals surface area (Å²) in [5.74, 6) is 1.14. The zero-order valence-corrected chi connectivity index (χ0v) is 11.2. The molecule has 1 aromatic rings. The molecule has 1 aliphatic rings. The topological polar surface area (TPSA) is 33.1 Å². The van der Waals surface area contributed by atoms with Gasteiger partial charge >= 0.3 is 0 Å². The fourth-order valence-corrected chi connectivity index (χ4v) is 2.45. The number of anilines is 1. The van der Waals surface area contributed by atoms with Crippen molar-refractivity contribution in [1.82, 2.24) is 14.9 Å². The van der Waals surface area contributed by atoms with E-state index in [4.69, 9.17) is 4.98 Å². The van der Waals surface area contributed by atoms with Crippen LogP contribution in [0.4, 0.5) is 5.95 Å². The fourth-order valence-electron chi connectivity index (χ4n) is 2.45. The maximum Gasteiger partial charge on any atom is 0.205 e. The highest BCUT2D eigenvalue weighted by Gasteiger charge is 2.22. The molecule has 1 atom stereocenters. The van der Waals surface area contributed by atoms with Crippen LogP contribution in [0.15, 0.2) is 6.20 Å². The Morgan fingerprint density at radius 1 is 1.53 bits per heavy atom. The van der Waals surface area contributed by atoms with Gasteiger partial charge in [-0.25, -0.2) is 4.98 Å². The summed E-state index contributed by atoms with van der Waals surface area (Å²) in [6.45, 7) is 7.65. The van der Waals surface area contributed by atoms with Gasteiger partial charge in [-0.3, -0.25) is 0 Å². The highest BCUT2D eigenvalue weighted by Crippen LogP contribution is 2.19. The molecule has 0 aliphatic carbocycles. The predicted molar refractivity (Wildman–Crippen MR) is 71.6 cm³/mol. The zero-order chi connectivity index (χ0) is 12.3. The van der Waals surface area contributed by atoms with E-state index in [0.717, 1.165) is 38.4 Å². The average Bonchev–Trinajstić information content (AvgIpc) is 2.97. The van der Waals surface area contributed by atoms with E-state index in [2.05, 4.69) is 41.9 Å². The number of nitrogens with zero attached hydrogens (tertiary/aromatic N) is 3. The summed E-state index contributed by atoms with van der Waals surface area (Å²) in [6, 6.07) is 0.595. The lowest BCUT2D eigenvalue weighted by atomic mass is 10.2. The Balaban J connectivity index is 2.19. The van der Waals surface area contributed by atoms with Gasteiger partial charge in [-0.15, -0.1) is 0 Å². The average molecular weight is 236 g/mol. The third-order valence-electron chi connectivity index (χ3n) is 3.53. The van der Waals surface area contributed by atoms with Gasteiger partial charge in [0.1, 0.15) is 0 Å². The summed E-state index contributed by atoms with van der Waals surface area (Å²) in [7, 11) is 2.17. The summed E-state index contributed by atoms with van der Waals surface area (Å²) in [5, 5.41) is 3.42. The van der Waals surface area contributed by atoms with Crippen LogP contribution in [0.5, 0.6) is 0 Å². The third kappa shape index (κ3) is 2.63. The molecular formula is C13H24N4. The van der Waals surface area contributed by atoms with Gasteiger partial charge in [0.05, 0.1) is 5.69 Å². The van der Waals surface area contributed by atoms with Crippen LogP contribution in [0.25, 0.3) is 0 Å². The Labute approximate surface area is 104 Å². The van der Waals surface area contributed by atoms with Crippen LogP contribution < -0.4 is 10.2 Å². The molecule has 0 spiro atoms. The van der Waals surface area contributed by atoms with Gasteiger partial charge in [-0.05, 0) is 25.8 Å². The first-order chi connectivity index (χ1) is 8.26. The summed E-state index contributed by atoms with van der Waals surface area (Å²) in [4.78, 5) is 7.10. The van der Waals surface area contributed by atoms with E-state index < -0.39 is 0 Å². The zero-order valence-electron chi connectivity index (χ0n) is 11.2. The van der Waals surface area contributed by atoms with E-state index in [1.807, 2.05) is 0 Å². The number of rotatable bonds is 5. The second-order valence-corrected chi connectivity index (χ2v) is 4.84. The normalized spacial score (nSPS) is 19.8. The van der Waals surface area contributed by atoms with Crippen LogP contribution >= 0.6 is 0 Å². The van der Waals surface area contributed by atoms with E-state index >= 15 is 0 Å². The van der Waals surface area contributed by atoms with Crippen LogP contribution in [0.3, 0.4) is 0 Å². The van der Waals surface area contributed by atoms with Crippen molar-refractivity contribution in [1.29, 1.82) is 0 Å². The van der Waals surface area contributed by atoms with Gasteiger partial charge in [0.25, 0.3) is 0 Å². The lowest BCUT2D eigenvalue weighted by Crippen LogP contribution is -2.35. The quantitative estimate of drug-likeness (QED) is 0.844. The van der Waals surface area contributed by atoms with Crippen molar-refractivity contribution < 1.29 is 0 Å². The summed E-state index contributed by atoms with van der Waals surface area (Å²) >= 11 is 0. The maximum atomic E-state index is 4.75. The Morgan fingerprint density at radius 2 is 2.35 bits per heavy atom. The summed E-state index contributed by atoms with van der Waals surface area (Å²) in [5.41, 5.74) is 1.20. The van der Waals surface area contributed by atoms with Gasteiger partial charge in [0, 0.05) is 32.4 Å². The van der Waals surface area contributed by atoms with Crippen molar-refractivity contribution in [3.8, 4) is 0 Å². The van der Waals surface area contributed by atoms with E-state index in [1.165, 1.54) is 12.1 Å². The van der Waals surface area contributed by atoms with Crippen molar-refractivity contribution in [2.45, 2.75) is 45.7 Å². The van der Waals surface area contributed by atoms with Crippen LogP contribution in [0, 0.1) is 0 Å². The first-order valence-electron chi connectivity index (χ1n) is 6.75. The van der Waals surface area contributed by atoms with Gasteiger partial charge in [-0.2, -0.15) is 0 Å². The van der Waals surface area contributed by atoms with Gasteiger partial charge < -0.3 is 14.8 Å². The minimum atomic E-state index is 0.595. The van der Waals surface area contributed by atoms with E-state index in [-0.39, 0.29) is 0 Å². The summed E-state index contributed by atoms with van der Waals surface area (Å²) in [6.07, 6.45) is 5.60. The minimum Gasteiger partial charge on any atom is -0.341 e. The van der Waals surface area contributed by atoms with Crippen molar-refractivity contribution in [2.24, 2.45) is 0 Å². The largest absolute Gasteiger partial charge is 0.341 e. The predicted octanol–water partition coefficient (Wildman–Crippen LogP) is 1.65. The Bertz CT molecular complexity index is 352. The maximum absolute atomic E-state index is 4.75. The van der Waals surface area contributed by atoms with Gasteiger partial charge in [-0.1, -0.05) is 13.8 Å². The molecule has 1 unspecified atom stereocenters. The molecule has 0 bridgehead atoms. The first-order valence-corrected chi connectivity index (χ1v) is 6.75. The lowest BCUT2D eigenvalue weighted by Gasteiger charge is -2.25. The van der Waals surface area contributed by atoms with Crippen molar-refractivity contribution in [3.63, 3.8) is 0 Å². The molecule has 1 fully saturated rings. The van der Waals surface area contributed by atoms with Crippen molar-refractivity contribution in [3.05, 3.63) is 11.9 Å². The smallest absolute Gasteiger partial charge is 0.205 e. The Hall–Kier alpha value is -1.03. The Kier molecular flexibility index (Phi) is 4.05. The molecule has 4 nitrogen and oxygen atoms in total. The van der Waals surface area contributed by atoms with Crippen molar-refractivity contribution in [2.75, 3.05) is 25.0 Å². The van der Waals surface area contributed by atoms with E-state index in [9.17, 15) is 0 Å². The second kappa shape index (κ2) is 5.54. The number of imidazole rings is 1.